The number of ether oxygens (including phenoxy) is 2. The molecule has 10 heteroatoms. The van der Waals surface area contributed by atoms with E-state index in [1.807, 2.05) is 32.0 Å². The van der Waals surface area contributed by atoms with Gasteiger partial charge in [-0.15, -0.1) is 5.10 Å². The second-order valence-electron chi connectivity index (χ2n) is 10.7. The maximum Gasteiger partial charge on any atom is 0.276 e. The third kappa shape index (κ3) is 5.58. The number of rotatable bonds is 3. The number of carbonyl (C=O) groups excluding carboxylic acids is 2. The molecule has 40 heavy (non-hydrogen) atoms. The SMILES string of the molecule is Cc1c(C(=O)N2CCOC3(CCCCc4ccccc4OCCN(C(C)C)C3=O)C2)nnn1-c1ccc(F)cc1. The van der Waals surface area contributed by atoms with Crippen LogP contribution in [0, 0.1) is 12.7 Å². The summed E-state index contributed by atoms with van der Waals surface area (Å²) in [6.45, 7) is 7.21. The van der Waals surface area contributed by atoms with Crippen molar-refractivity contribution < 1.29 is 23.5 Å². The van der Waals surface area contributed by atoms with Crippen LogP contribution in [0.25, 0.3) is 5.69 Å². The van der Waals surface area contributed by atoms with Crippen molar-refractivity contribution in [3.05, 3.63) is 71.3 Å². The van der Waals surface area contributed by atoms with Crippen LogP contribution in [0.1, 0.15) is 54.9 Å². The van der Waals surface area contributed by atoms with Gasteiger partial charge < -0.3 is 19.3 Å². The van der Waals surface area contributed by atoms with Gasteiger partial charge in [-0.25, -0.2) is 9.07 Å². The number of aryl methyl sites for hydroxylation is 1. The van der Waals surface area contributed by atoms with Gasteiger partial charge in [0.25, 0.3) is 11.8 Å². The molecule has 2 aromatic carbocycles. The van der Waals surface area contributed by atoms with E-state index in [9.17, 15) is 14.0 Å². The minimum atomic E-state index is -1.16. The molecule has 212 valence electrons. The van der Waals surface area contributed by atoms with Crippen LogP contribution in [0.4, 0.5) is 4.39 Å². The lowest BCUT2D eigenvalue weighted by atomic mass is 9.90. The summed E-state index contributed by atoms with van der Waals surface area (Å²) in [5, 5.41) is 8.32. The molecule has 2 aliphatic rings. The van der Waals surface area contributed by atoms with E-state index in [-0.39, 0.29) is 42.5 Å². The number of benzene rings is 2. The van der Waals surface area contributed by atoms with Gasteiger partial charge in [0.2, 0.25) is 0 Å². The zero-order valence-electron chi connectivity index (χ0n) is 23.3. The molecule has 1 aromatic heterocycles. The van der Waals surface area contributed by atoms with Gasteiger partial charge in [-0.1, -0.05) is 23.4 Å². The number of aromatic nitrogens is 3. The summed E-state index contributed by atoms with van der Waals surface area (Å²) >= 11 is 0. The molecular weight excluding hydrogens is 513 g/mol. The van der Waals surface area contributed by atoms with Gasteiger partial charge in [0.15, 0.2) is 11.3 Å². The van der Waals surface area contributed by atoms with Gasteiger partial charge in [0.05, 0.1) is 31.1 Å². The summed E-state index contributed by atoms with van der Waals surface area (Å²) in [4.78, 5) is 31.3. The highest BCUT2D eigenvalue weighted by Gasteiger charge is 2.47. The second kappa shape index (κ2) is 11.8. The number of nitrogens with zero attached hydrogens (tertiary/aromatic N) is 5. The fourth-order valence-corrected chi connectivity index (χ4v) is 5.54. The summed E-state index contributed by atoms with van der Waals surface area (Å²) in [7, 11) is 0. The molecule has 3 aromatic rings. The molecule has 0 saturated carbocycles. The number of hydrogen-bond donors (Lipinski definition) is 0. The molecule has 9 nitrogen and oxygen atoms in total. The maximum absolute atomic E-state index is 14.2. The first kappa shape index (κ1) is 27.8. The Morgan fingerprint density at radius 2 is 1.82 bits per heavy atom. The van der Waals surface area contributed by atoms with Crippen LogP contribution in [-0.4, -0.2) is 81.1 Å². The zero-order valence-corrected chi connectivity index (χ0v) is 23.3. The minimum Gasteiger partial charge on any atom is -0.491 e. The lowest BCUT2D eigenvalue weighted by Crippen LogP contribution is -2.63. The smallest absolute Gasteiger partial charge is 0.276 e. The van der Waals surface area contributed by atoms with E-state index >= 15 is 0 Å². The Bertz CT molecular complexity index is 1360. The number of halogens is 1. The first-order valence-corrected chi connectivity index (χ1v) is 13.9. The Kier molecular flexibility index (Phi) is 8.16. The van der Waals surface area contributed by atoms with Gasteiger partial charge in [-0.05, 0) is 82.3 Å². The molecule has 5 rings (SSSR count). The third-order valence-electron chi connectivity index (χ3n) is 7.75. The normalized spacial score (nSPS) is 20.6. The zero-order chi connectivity index (χ0) is 28.3. The van der Waals surface area contributed by atoms with Crippen molar-refractivity contribution >= 4 is 11.8 Å². The lowest BCUT2D eigenvalue weighted by Gasteiger charge is -2.45. The van der Waals surface area contributed by atoms with Crippen LogP contribution < -0.4 is 4.74 Å². The van der Waals surface area contributed by atoms with Crippen molar-refractivity contribution in [2.24, 2.45) is 0 Å². The number of para-hydroxylation sites is 1. The Labute approximate surface area is 233 Å². The molecule has 1 saturated heterocycles. The fraction of sp³-hybridized carbons (Fsp3) is 0.467. The van der Waals surface area contributed by atoms with Gasteiger partial charge in [0.1, 0.15) is 18.2 Å². The topological polar surface area (TPSA) is 89.8 Å². The van der Waals surface area contributed by atoms with Crippen molar-refractivity contribution in [1.82, 2.24) is 24.8 Å². The van der Waals surface area contributed by atoms with Crippen LogP contribution in [-0.2, 0) is 16.0 Å². The predicted molar refractivity (Wildman–Crippen MR) is 147 cm³/mol. The molecule has 1 atom stereocenters. The third-order valence-corrected chi connectivity index (χ3v) is 7.75. The highest BCUT2D eigenvalue weighted by Crippen LogP contribution is 2.31. The predicted octanol–water partition coefficient (Wildman–Crippen LogP) is 3.97. The molecule has 2 aliphatic heterocycles. The summed E-state index contributed by atoms with van der Waals surface area (Å²) in [5.41, 5.74) is 1.35. The minimum absolute atomic E-state index is 0.0707. The highest BCUT2D eigenvalue weighted by molar-refractivity contribution is 5.94. The van der Waals surface area contributed by atoms with Crippen LogP contribution in [0.5, 0.6) is 5.75 Å². The molecular formula is C30H36FN5O4. The van der Waals surface area contributed by atoms with Crippen molar-refractivity contribution in [3.63, 3.8) is 0 Å². The van der Waals surface area contributed by atoms with E-state index in [0.29, 0.717) is 37.5 Å². The van der Waals surface area contributed by atoms with Crippen LogP contribution in [0.2, 0.25) is 0 Å². The number of fused-ring (bicyclic) bond motifs is 1. The largest absolute Gasteiger partial charge is 0.491 e. The molecule has 1 spiro atoms. The average Bonchev–Trinajstić information content (AvgIpc) is 3.34. The molecule has 0 bridgehead atoms. The van der Waals surface area contributed by atoms with Gasteiger partial charge in [0, 0.05) is 12.6 Å². The summed E-state index contributed by atoms with van der Waals surface area (Å²) in [6, 6.07) is 13.8. The average molecular weight is 550 g/mol. The van der Waals surface area contributed by atoms with Crippen molar-refractivity contribution in [1.29, 1.82) is 0 Å². The van der Waals surface area contributed by atoms with Crippen molar-refractivity contribution in [2.75, 3.05) is 32.8 Å². The molecule has 3 heterocycles. The molecule has 0 N–H and O–H groups in total. The van der Waals surface area contributed by atoms with Gasteiger partial charge in [-0.2, -0.15) is 0 Å². The molecule has 1 unspecified atom stereocenters. The number of amides is 2. The number of carbonyl (C=O) groups is 2. The van der Waals surface area contributed by atoms with E-state index in [0.717, 1.165) is 30.6 Å². The van der Waals surface area contributed by atoms with Crippen LogP contribution in [0.3, 0.4) is 0 Å². The fourth-order valence-electron chi connectivity index (χ4n) is 5.54. The van der Waals surface area contributed by atoms with Crippen molar-refractivity contribution in [3.8, 4) is 11.4 Å². The summed E-state index contributed by atoms with van der Waals surface area (Å²) in [5.74, 6) is 0.0815. The lowest BCUT2D eigenvalue weighted by molar-refractivity contribution is -0.172. The Hall–Kier alpha value is -3.79. The standard InChI is InChI=1S/C30H36FN5O4/c1-21(2)35-17-18-39-26-10-5-4-8-23(26)9-6-7-15-30(29(35)38)20-34(16-19-40-30)28(37)27-22(3)36(33-32-27)25-13-11-24(31)12-14-25/h4-5,8,10-14,21H,6-7,9,15-20H2,1-3H3. The summed E-state index contributed by atoms with van der Waals surface area (Å²) < 4.78 is 27.3. The van der Waals surface area contributed by atoms with E-state index in [1.54, 1.807) is 28.9 Å². The first-order valence-electron chi connectivity index (χ1n) is 13.9. The quantitative estimate of drug-likeness (QED) is 0.491. The van der Waals surface area contributed by atoms with E-state index in [1.165, 1.54) is 16.8 Å². The Morgan fingerprint density at radius 1 is 1.05 bits per heavy atom. The number of hydrogen-bond acceptors (Lipinski definition) is 6. The molecule has 0 radical (unpaired) electrons. The Balaban J connectivity index is 1.40. The second-order valence-corrected chi connectivity index (χ2v) is 10.7. The highest BCUT2D eigenvalue weighted by atomic mass is 19.1. The molecule has 1 fully saturated rings. The first-order chi connectivity index (χ1) is 19.3. The van der Waals surface area contributed by atoms with Crippen LogP contribution >= 0.6 is 0 Å². The van der Waals surface area contributed by atoms with Crippen LogP contribution in [0.15, 0.2) is 48.5 Å². The molecule has 2 amide bonds. The maximum atomic E-state index is 14.2. The monoisotopic (exact) mass is 549 g/mol. The van der Waals surface area contributed by atoms with Gasteiger partial charge >= 0.3 is 0 Å². The van der Waals surface area contributed by atoms with Crippen molar-refractivity contribution in [2.45, 2.75) is 58.1 Å². The van der Waals surface area contributed by atoms with E-state index < -0.39 is 5.60 Å². The summed E-state index contributed by atoms with van der Waals surface area (Å²) in [6.07, 6.45) is 2.96. The molecule has 0 aliphatic carbocycles. The van der Waals surface area contributed by atoms with E-state index in [4.69, 9.17) is 9.47 Å². The van der Waals surface area contributed by atoms with E-state index in [2.05, 4.69) is 16.4 Å². The number of morpholine rings is 1. The Morgan fingerprint density at radius 3 is 2.60 bits per heavy atom. The van der Waals surface area contributed by atoms with Gasteiger partial charge in [-0.3, -0.25) is 9.59 Å².